The summed E-state index contributed by atoms with van der Waals surface area (Å²) >= 11 is 5.50. The lowest BCUT2D eigenvalue weighted by atomic mass is 10.1. The maximum absolute atomic E-state index is 6.03. The third-order valence-corrected chi connectivity index (χ3v) is 4.79. The Hall–Kier alpha value is -3.38. The van der Waals surface area contributed by atoms with E-state index in [1.54, 1.807) is 14.2 Å². The molecule has 0 saturated heterocycles. The number of anilines is 1. The molecule has 3 aromatic carbocycles. The summed E-state index contributed by atoms with van der Waals surface area (Å²) < 4.78 is 16.6. The molecule has 0 bridgehead atoms. The molecule has 0 fully saturated rings. The molecule has 1 heterocycles. The lowest BCUT2D eigenvalue weighted by Crippen LogP contribution is -2.12. The zero-order valence-electron chi connectivity index (χ0n) is 16.1. The summed E-state index contributed by atoms with van der Waals surface area (Å²) in [6.45, 7) is 0. The van der Waals surface area contributed by atoms with E-state index in [9.17, 15) is 0 Å². The van der Waals surface area contributed by atoms with Crippen molar-refractivity contribution in [1.82, 2.24) is 0 Å². The normalized spacial score (nSPS) is 12.9. The topological polar surface area (TPSA) is 52.1 Å². The molecule has 29 heavy (non-hydrogen) atoms. The molecule has 0 aromatic heterocycles. The van der Waals surface area contributed by atoms with E-state index in [0.717, 1.165) is 33.4 Å². The molecule has 1 N–H and O–H groups in total. The van der Waals surface area contributed by atoms with E-state index in [2.05, 4.69) is 5.32 Å². The molecule has 0 amide bonds. The Bertz CT molecular complexity index is 1080. The summed E-state index contributed by atoms with van der Waals surface area (Å²) in [5, 5.41) is 3.27. The zero-order valence-corrected chi connectivity index (χ0v) is 17.0. The highest BCUT2D eigenvalue weighted by atomic mass is 32.1. The second-order valence-corrected chi connectivity index (χ2v) is 6.94. The van der Waals surface area contributed by atoms with Crippen LogP contribution in [0.4, 0.5) is 11.4 Å². The van der Waals surface area contributed by atoms with Crippen LogP contribution in [0.2, 0.25) is 0 Å². The second kappa shape index (κ2) is 8.32. The molecule has 0 radical (unpaired) electrons. The van der Waals surface area contributed by atoms with E-state index < -0.39 is 0 Å². The number of methoxy groups -OCH3 is 2. The summed E-state index contributed by atoms with van der Waals surface area (Å²) in [5.74, 6) is 2.79. The molecule has 5 nitrogen and oxygen atoms in total. The number of nitrogens with zero attached hydrogens (tertiary/aromatic N) is 1. The van der Waals surface area contributed by atoms with Crippen LogP contribution >= 0.6 is 12.2 Å². The van der Waals surface area contributed by atoms with Gasteiger partial charge in [-0.15, -0.1) is 0 Å². The molecular formula is C23H20N2O3S. The fraction of sp³-hybridized carbons (Fsp3) is 0.130. The number of rotatable bonds is 5. The fourth-order valence-electron chi connectivity index (χ4n) is 3.08. The predicted molar refractivity (Wildman–Crippen MR) is 120 cm³/mol. The first-order valence-corrected chi connectivity index (χ1v) is 9.54. The minimum atomic E-state index is 0.555. The maximum Gasteiger partial charge on any atom is 0.169 e. The summed E-state index contributed by atoms with van der Waals surface area (Å²) in [7, 11) is 3.27. The van der Waals surface area contributed by atoms with Gasteiger partial charge in [-0.25, -0.2) is 0 Å². The lowest BCUT2D eigenvalue weighted by Gasteiger charge is -2.12. The third-order valence-electron chi connectivity index (χ3n) is 4.55. The molecule has 1 aliphatic heterocycles. The molecule has 1 aliphatic rings. The van der Waals surface area contributed by atoms with Crippen LogP contribution in [0.5, 0.6) is 23.0 Å². The van der Waals surface area contributed by atoms with Gasteiger partial charge in [0.05, 0.1) is 36.3 Å². The van der Waals surface area contributed by atoms with Gasteiger partial charge in [-0.2, -0.15) is 0 Å². The van der Waals surface area contributed by atoms with Crippen molar-refractivity contribution in [2.24, 2.45) is 4.99 Å². The lowest BCUT2D eigenvalue weighted by molar-refractivity contribution is 0.379. The van der Waals surface area contributed by atoms with Crippen LogP contribution in [0.1, 0.15) is 12.0 Å². The van der Waals surface area contributed by atoms with E-state index in [0.29, 0.717) is 23.7 Å². The molecular weight excluding hydrogens is 384 g/mol. The monoisotopic (exact) mass is 404 g/mol. The first-order chi connectivity index (χ1) is 14.2. The summed E-state index contributed by atoms with van der Waals surface area (Å²) in [6, 6.07) is 21.0. The number of para-hydroxylation sites is 2. The van der Waals surface area contributed by atoms with Crippen molar-refractivity contribution < 1.29 is 14.2 Å². The van der Waals surface area contributed by atoms with Gasteiger partial charge in [0.2, 0.25) is 0 Å². The molecule has 146 valence electrons. The van der Waals surface area contributed by atoms with Crippen molar-refractivity contribution in [3.8, 4) is 23.0 Å². The van der Waals surface area contributed by atoms with E-state index in [-0.39, 0.29) is 0 Å². The van der Waals surface area contributed by atoms with Crippen molar-refractivity contribution in [3.05, 3.63) is 72.3 Å². The van der Waals surface area contributed by atoms with Gasteiger partial charge in [-0.1, -0.05) is 24.4 Å². The van der Waals surface area contributed by atoms with Gasteiger partial charge in [0.1, 0.15) is 11.5 Å². The quantitative estimate of drug-likeness (QED) is 0.548. The Kier molecular flexibility index (Phi) is 5.44. The minimum Gasteiger partial charge on any atom is -0.497 e. The summed E-state index contributed by atoms with van der Waals surface area (Å²) in [5.41, 5.74) is 3.51. The molecule has 3 aromatic rings. The number of aliphatic imine (C=N–C) groups is 1. The number of hydrogen-bond acceptors (Lipinski definition) is 5. The van der Waals surface area contributed by atoms with Crippen molar-refractivity contribution >= 4 is 34.3 Å². The van der Waals surface area contributed by atoms with Crippen molar-refractivity contribution in [2.45, 2.75) is 6.42 Å². The van der Waals surface area contributed by atoms with E-state index in [1.165, 1.54) is 0 Å². The zero-order chi connectivity index (χ0) is 20.2. The van der Waals surface area contributed by atoms with Gasteiger partial charge in [-0.05, 0) is 54.1 Å². The van der Waals surface area contributed by atoms with Crippen molar-refractivity contribution in [2.75, 3.05) is 19.5 Å². The van der Waals surface area contributed by atoms with Crippen LogP contribution in [-0.2, 0) is 0 Å². The first kappa shape index (κ1) is 19.0. The number of ether oxygens (including phenoxy) is 3. The average molecular weight is 404 g/mol. The SMILES string of the molecule is COc1ccc(C2=Nc3cc(Oc4ccccc4OC)ccc3NC(=S)C2)cc1. The highest BCUT2D eigenvalue weighted by Gasteiger charge is 2.16. The van der Waals surface area contributed by atoms with E-state index in [4.69, 9.17) is 31.4 Å². The third kappa shape index (κ3) is 4.22. The maximum atomic E-state index is 6.03. The molecule has 0 saturated carbocycles. The first-order valence-electron chi connectivity index (χ1n) is 9.13. The Morgan fingerprint density at radius 1 is 0.862 bits per heavy atom. The Labute approximate surface area is 175 Å². The Morgan fingerprint density at radius 2 is 1.59 bits per heavy atom. The fourth-order valence-corrected chi connectivity index (χ4v) is 3.33. The highest BCUT2D eigenvalue weighted by Crippen LogP contribution is 2.37. The van der Waals surface area contributed by atoms with Gasteiger partial charge in [0, 0.05) is 12.5 Å². The van der Waals surface area contributed by atoms with Crippen LogP contribution in [0.15, 0.2) is 71.7 Å². The van der Waals surface area contributed by atoms with Crippen LogP contribution in [0, 0.1) is 0 Å². The van der Waals surface area contributed by atoms with Crippen LogP contribution in [-0.4, -0.2) is 24.9 Å². The average Bonchev–Trinajstić information content (AvgIpc) is 2.92. The molecule has 6 heteroatoms. The summed E-state index contributed by atoms with van der Waals surface area (Å²) in [6.07, 6.45) is 0.555. The number of nitrogens with one attached hydrogen (secondary N) is 1. The van der Waals surface area contributed by atoms with Crippen molar-refractivity contribution in [1.29, 1.82) is 0 Å². The molecule has 0 unspecified atom stereocenters. The predicted octanol–water partition coefficient (Wildman–Crippen LogP) is 5.76. The van der Waals surface area contributed by atoms with Crippen LogP contribution < -0.4 is 19.5 Å². The molecule has 0 aliphatic carbocycles. The number of thiocarbonyl (C=S) groups is 1. The Balaban J connectivity index is 1.69. The second-order valence-electron chi connectivity index (χ2n) is 6.44. The molecule has 0 spiro atoms. The van der Waals surface area contributed by atoms with E-state index in [1.807, 2.05) is 66.7 Å². The van der Waals surface area contributed by atoms with E-state index >= 15 is 0 Å². The highest BCUT2D eigenvalue weighted by molar-refractivity contribution is 7.80. The number of fused-ring (bicyclic) bond motifs is 1. The van der Waals surface area contributed by atoms with Gasteiger partial charge < -0.3 is 19.5 Å². The number of benzene rings is 3. The molecule has 0 atom stereocenters. The van der Waals surface area contributed by atoms with Crippen LogP contribution in [0.3, 0.4) is 0 Å². The van der Waals surface area contributed by atoms with Gasteiger partial charge in [0.25, 0.3) is 0 Å². The van der Waals surface area contributed by atoms with Crippen molar-refractivity contribution in [3.63, 3.8) is 0 Å². The smallest absolute Gasteiger partial charge is 0.169 e. The number of hydrogen-bond donors (Lipinski definition) is 1. The molecule has 4 rings (SSSR count). The van der Waals surface area contributed by atoms with Gasteiger partial charge in [-0.3, -0.25) is 4.99 Å². The summed E-state index contributed by atoms with van der Waals surface area (Å²) in [4.78, 5) is 5.59. The standard InChI is InChI=1S/C23H20N2O3S/c1-26-16-9-7-15(8-10-16)19-14-23(29)25-18-12-11-17(13-20(18)24-19)28-22-6-4-3-5-21(22)27-2/h3-13H,14H2,1-2H3,(H,25,29). The largest absolute Gasteiger partial charge is 0.497 e. The van der Waals surface area contributed by atoms with Gasteiger partial charge in [0.15, 0.2) is 11.5 Å². The van der Waals surface area contributed by atoms with Crippen LogP contribution in [0.25, 0.3) is 0 Å². The van der Waals surface area contributed by atoms with Gasteiger partial charge >= 0.3 is 0 Å². The minimum absolute atomic E-state index is 0.555. The Morgan fingerprint density at radius 3 is 2.31 bits per heavy atom.